The zero-order chi connectivity index (χ0) is 20.5. The molecule has 0 saturated heterocycles. The van der Waals surface area contributed by atoms with Crippen LogP contribution < -0.4 is 0 Å². The molecule has 0 saturated carbocycles. The van der Waals surface area contributed by atoms with Crippen LogP contribution >= 0.6 is 0 Å². The van der Waals surface area contributed by atoms with Gasteiger partial charge in [0.25, 0.3) is 0 Å². The molecule has 0 heterocycles. The van der Waals surface area contributed by atoms with Crippen LogP contribution in [0.25, 0.3) is 0 Å². The van der Waals surface area contributed by atoms with Crippen LogP contribution in [-0.2, 0) is 0 Å². The molecule has 0 aromatic heterocycles. The minimum Gasteiger partial charge on any atom is -0.0919 e. The molecule has 0 N–H and O–H groups in total. The SMILES string of the molecule is CC=CC.CC=CC.CC=CC.CC=CC.CC=CC.CC=CC. The van der Waals surface area contributed by atoms with Crippen LogP contribution in [0.4, 0.5) is 0 Å². The lowest BCUT2D eigenvalue weighted by Gasteiger charge is -1.49. The van der Waals surface area contributed by atoms with Crippen molar-refractivity contribution < 1.29 is 0 Å². The molecular weight excluding hydrogens is 288 g/mol. The Morgan fingerprint density at radius 2 is 0.208 bits per heavy atom. The van der Waals surface area contributed by atoms with Gasteiger partial charge in [-0.15, -0.1) is 0 Å². The first-order valence-electron chi connectivity index (χ1n) is 8.93. The summed E-state index contributed by atoms with van der Waals surface area (Å²) in [4.78, 5) is 0. The van der Waals surface area contributed by atoms with Crippen molar-refractivity contribution in [2.24, 2.45) is 0 Å². The van der Waals surface area contributed by atoms with Gasteiger partial charge in [0.2, 0.25) is 0 Å². The average Bonchev–Trinajstić information content (AvgIpc) is 2.68. The Morgan fingerprint density at radius 1 is 0.167 bits per heavy atom. The molecule has 0 bridgehead atoms. The second-order valence-electron chi connectivity index (χ2n) is 4.00. The first kappa shape index (κ1) is 38.2. The second kappa shape index (κ2) is 82.2. The molecule has 24 heavy (non-hydrogen) atoms. The predicted molar refractivity (Wildman–Crippen MR) is 123 cm³/mol. The molecule has 0 aliphatic carbocycles. The molecular formula is C24H48. The highest BCUT2D eigenvalue weighted by Crippen LogP contribution is 1.59. The second-order valence-corrected chi connectivity index (χ2v) is 4.00. The van der Waals surface area contributed by atoms with Gasteiger partial charge >= 0.3 is 0 Å². The van der Waals surface area contributed by atoms with E-state index in [0.717, 1.165) is 0 Å². The topological polar surface area (TPSA) is 0 Å². The largest absolute Gasteiger partial charge is 0.0919 e. The van der Waals surface area contributed by atoms with Gasteiger partial charge in [-0.05, 0) is 83.1 Å². The highest BCUT2D eigenvalue weighted by molar-refractivity contribution is 4.70. The van der Waals surface area contributed by atoms with Crippen molar-refractivity contribution in [1.29, 1.82) is 0 Å². The fourth-order valence-electron chi connectivity index (χ4n) is 0. The van der Waals surface area contributed by atoms with E-state index in [2.05, 4.69) is 0 Å². The molecule has 0 aliphatic rings. The molecule has 0 aromatic rings. The number of rotatable bonds is 0. The monoisotopic (exact) mass is 336 g/mol. The Kier molecular flexibility index (Phi) is 131. The summed E-state index contributed by atoms with van der Waals surface area (Å²) in [5.41, 5.74) is 0. The van der Waals surface area contributed by atoms with Gasteiger partial charge in [0.1, 0.15) is 0 Å². The first-order valence-corrected chi connectivity index (χ1v) is 8.93. The summed E-state index contributed by atoms with van der Waals surface area (Å²) in [7, 11) is 0. The van der Waals surface area contributed by atoms with Gasteiger partial charge in [0.15, 0.2) is 0 Å². The highest BCUT2D eigenvalue weighted by Gasteiger charge is 1.36. The maximum atomic E-state index is 2.00. The molecule has 0 aromatic carbocycles. The molecule has 0 amide bonds. The lowest BCUT2D eigenvalue weighted by Crippen LogP contribution is -1.26. The molecule has 0 unspecified atom stereocenters. The summed E-state index contributed by atoms with van der Waals surface area (Å²) in [6.45, 7) is 24.0. The number of hydrogen-bond acceptors (Lipinski definition) is 0. The Hall–Kier alpha value is -1.56. The standard InChI is InChI=1S/6C4H8/c6*1-3-4-2/h6*3-4H,1-2H3. The molecule has 0 nitrogen and oxygen atoms in total. The maximum Gasteiger partial charge on any atom is -0.0470 e. The fourth-order valence-corrected chi connectivity index (χ4v) is 0. The van der Waals surface area contributed by atoms with Crippen molar-refractivity contribution in [3.63, 3.8) is 0 Å². The third-order valence-corrected chi connectivity index (χ3v) is 2.00. The van der Waals surface area contributed by atoms with Crippen LogP contribution in [0.2, 0.25) is 0 Å². The van der Waals surface area contributed by atoms with Gasteiger partial charge in [-0.2, -0.15) is 0 Å². The molecule has 0 atom stereocenters. The van der Waals surface area contributed by atoms with Gasteiger partial charge in [-0.3, -0.25) is 0 Å². The molecule has 0 rings (SSSR count). The zero-order valence-corrected chi connectivity index (χ0v) is 18.9. The van der Waals surface area contributed by atoms with Crippen molar-refractivity contribution in [3.05, 3.63) is 72.9 Å². The Labute approximate surface area is 156 Å². The normalized spacial score (nSPS) is 9.50. The van der Waals surface area contributed by atoms with E-state index in [-0.39, 0.29) is 0 Å². The van der Waals surface area contributed by atoms with Crippen LogP contribution in [0.3, 0.4) is 0 Å². The van der Waals surface area contributed by atoms with E-state index < -0.39 is 0 Å². The maximum absolute atomic E-state index is 2.00. The van der Waals surface area contributed by atoms with Gasteiger partial charge in [0, 0.05) is 0 Å². The average molecular weight is 337 g/mol. The first-order chi connectivity index (χ1) is 11.5. The highest BCUT2D eigenvalue weighted by atomic mass is 13.4. The Morgan fingerprint density at radius 3 is 0.208 bits per heavy atom. The van der Waals surface area contributed by atoms with Crippen molar-refractivity contribution in [3.8, 4) is 0 Å². The van der Waals surface area contributed by atoms with Crippen LogP contribution in [0.15, 0.2) is 72.9 Å². The lowest BCUT2D eigenvalue weighted by atomic mass is 10.6. The molecule has 0 heteroatoms. The Bertz CT molecular complexity index is 169. The van der Waals surface area contributed by atoms with Crippen molar-refractivity contribution >= 4 is 0 Å². The van der Waals surface area contributed by atoms with Gasteiger partial charge < -0.3 is 0 Å². The van der Waals surface area contributed by atoms with Crippen LogP contribution in [0.5, 0.6) is 0 Å². The van der Waals surface area contributed by atoms with E-state index in [1.807, 2.05) is 156 Å². The summed E-state index contributed by atoms with van der Waals surface area (Å²) in [5.74, 6) is 0. The quantitative estimate of drug-likeness (QED) is 0.386. The van der Waals surface area contributed by atoms with Gasteiger partial charge in [-0.25, -0.2) is 0 Å². The Balaban J connectivity index is -0.0000000405. The summed E-state index contributed by atoms with van der Waals surface area (Å²) >= 11 is 0. The minimum atomic E-state index is 2.00. The summed E-state index contributed by atoms with van der Waals surface area (Å²) < 4.78 is 0. The molecule has 0 radical (unpaired) electrons. The van der Waals surface area contributed by atoms with Crippen molar-refractivity contribution in [2.75, 3.05) is 0 Å². The molecule has 0 spiro atoms. The van der Waals surface area contributed by atoms with E-state index in [0.29, 0.717) is 0 Å². The van der Waals surface area contributed by atoms with E-state index in [4.69, 9.17) is 0 Å². The van der Waals surface area contributed by atoms with E-state index in [1.165, 1.54) is 0 Å². The minimum absolute atomic E-state index is 2.00. The van der Waals surface area contributed by atoms with Gasteiger partial charge in [-0.1, -0.05) is 72.9 Å². The summed E-state index contributed by atoms with van der Waals surface area (Å²) in [6, 6.07) is 0. The lowest BCUT2D eigenvalue weighted by molar-refractivity contribution is 1.64. The van der Waals surface area contributed by atoms with Crippen LogP contribution in [-0.4, -0.2) is 0 Å². The van der Waals surface area contributed by atoms with Crippen LogP contribution in [0.1, 0.15) is 83.1 Å². The summed E-state index contributed by atoms with van der Waals surface area (Å²) in [6.07, 6.45) is 24.0. The predicted octanol–water partition coefficient (Wildman–Crippen LogP) is 9.49. The van der Waals surface area contributed by atoms with Gasteiger partial charge in [0.05, 0.1) is 0 Å². The van der Waals surface area contributed by atoms with Crippen molar-refractivity contribution in [2.45, 2.75) is 83.1 Å². The number of hydrogen-bond donors (Lipinski definition) is 0. The molecule has 144 valence electrons. The fraction of sp³-hybridized carbons (Fsp3) is 0.500. The van der Waals surface area contributed by atoms with E-state index in [9.17, 15) is 0 Å². The van der Waals surface area contributed by atoms with Crippen molar-refractivity contribution in [1.82, 2.24) is 0 Å². The smallest absolute Gasteiger partial charge is 0.0470 e. The third kappa shape index (κ3) is 392. The van der Waals surface area contributed by atoms with Crippen LogP contribution in [0, 0.1) is 0 Å². The molecule has 0 aliphatic heterocycles. The number of allylic oxidation sites excluding steroid dienone is 12. The van der Waals surface area contributed by atoms with E-state index in [1.54, 1.807) is 0 Å². The third-order valence-electron chi connectivity index (χ3n) is 2.00. The zero-order valence-electron chi connectivity index (χ0n) is 18.9. The summed E-state index contributed by atoms with van der Waals surface area (Å²) in [5, 5.41) is 0. The molecule has 0 fully saturated rings. The van der Waals surface area contributed by atoms with E-state index >= 15 is 0 Å².